The van der Waals surface area contributed by atoms with Gasteiger partial charge in [-0.25, -0.2) is 0 Å². The number of ether oxygens (including phenoxy) is 4. The molecule has 3 rings (SSSR count). The van der Waals surface area contributed by atoms with Gasteiger partial charge in [-0.05, 0) is 31.2 Å². The van der Waals surface area contributed by atoms with Gasteiger partial charge in [0.15, 0.2) is 18.1 Å². The van der Waals surface area contributed by atoms with Crippen LogP contribution in [-0.2, 0) is 14.3 Å². The maximum atomic E-state index is 12.2. The Labute approximate surface area is 194 Å². The van der Waals surface area contributed by atoms with Crippen LogP contribution in [-0.4, -0.2) is 55.7 Å². The fourth-order valence-corrected chi connectivity index (χ4v) is 2.96. The number of amides is 2. The largest absolute Gasteiger partial charge is 0.494 e. The first-order valence-electron chi connectivity index (χ1n) is 10.4. The number of carbonyl (C=O) groups excluding carboxylic acids is 3. The van der Waals surface area contributed by atoms with Crippen LogP contribution in [0.3, 0.4) is 0 Å². The molecule has 0 aromatic heterocycles. The highest BCUT2D eigenvalue weighted by Crippen LogP contribution is 2.39. The summed E-state index contributed by atoms with van der Waals surface area (Å²) < 4.78 is 21.0. The summed E-state index contributed by atoms with van der Waals surface area (Å²) in [6, 6.07) is 8.79. The van der Waals surface area contributed by atoms with Crippen molar-refractivity contribution in [2.45, 2.75) is 13.3 Å². The van der Waals surface area contributed by atoms with Gasteiger partial charge in [-0.3, -0.25) is 24.5 Å². The summed E-state index contributed by atoms with van der Waals surface area (Å²) in [7, 11) is 0. The van der Waals surface area contributed by atoms with Gasteiger partial charge in [0.05, 0.1) is 30.8 Å². The molecular weight excluding hydrogens is 450 g/mol. The highest BCUT2D eigenvalue weighted by molar-refractivity contribution is 5.97. The monoisotopic (exact) mass is 473 g/mol. The van der Waals surface area contributed by atoms with Gasteiger partial charge in [0.2, 0.25) is 0 Å². The van der Waals surface area contributed by atoms with Crippen molar-refractivity contribution in [2.75, 3.05) is 38.3 Å². The lowest BCUT2D eigenvalue weighted by Gasteiger charge is -2.11. The van der Waals surface area contributed by atoms with E-state index in [4.69, 9.17) is 18.9 Å². The summed E-state index contributed by atoms with van der Waals surface area (Å²) in [6.45, 7) is 1.87. The molecule has 0 spiro atoms. The number of nitro groups is 1. The number of esters is 1. The molecule has 1 heterocycles. The van der Waals surface area contributed by atoms with Crippen LogP contribution < -0.4 is 24.8 Å². The van der Waals surface area contributed by atoms with Crippen molar-refractivity contribution in [2.24, 2.45) is 0 Å². The predicted molar refractivity (Wildman–Crippen MR) is 118 cm³/mol. The second kappa shape index (κ2) is 11.5. The first kappa shape index (κ1) is 24.3. The van der Waals surface area contributed by atoms with E-state index < -0.39 is 41.5 Å². The maximum Gasteiger partial charge on any atom is 0.325 e. The summed E-state index contributed by atoms with van der Waals surface area (Å²) in [5.41, 5.74) is -0.207. The van der Waals surface area contributed by atoms with Crippen molar-refractivity contribution in [1.82, 2.24) is 5.32 Å². The van der Waals surface area contributed by atoms with E-state index in [9.17, 15) is 24.5 Å². The maximum absolute atomic E-state index is 12.2. The number of fused-ring (bicyclic) bond motifs is 1. The molecular formula is C22H23N3O9. The van der Waals surface area contributed by atoms with Crippen molar-refractivity contribution >= 4 is 29.2 Å². The third-order valence-electron chi connectivity index (χ3n) is 4.52. The number of hydrogen-bond acceptors (Lipinski definition) is 9. The predicted octanol–water partition coefficient (Wildman–Crippen LogP) is 2.07. The zero-order valence-corrected chi connectivity index (χ0v) is 18.3. The van der Waals surface area contributed by atoms with Crippen LogP contribution in [0.15, 0.2) is 36.4 Å². The third-order valence-corrected chi connectivity index (χ3v) is 4.52. The van der Waals surface area contributed by atoms with Gasteiger partial charge in [0.25, 0.3) is 17.5 Å². The first-order chi connectivity index (χ1) is 16.4. The van der Waals surface area contributed by atoms with Gasteiger partial charge in [0.1, 0.15) is 18.0 Å². The molecule has 1 aliphatic rings. The molecule has 34 heavy (non-hydrogen) atoms. The molecule has 0 saturated heterocycles. The summed E-state index contributed by atoms with van der Waals surface area (Å²) >= 11 is 0. The summed E-state index contributed by atoms with van der Waals surface area (Å²) in [4.78, 5) is 46.9. The Morgan fingerprint density at radius 1 is 1.09 bits per heavy atom. The van der Waals surface area contributed by atoms with Gasteiger partial charge in [-0.15, -0.1) is 0 Å². The smallest absolute Gasteiger partial charge is 0.325 e. The van der Waals surface area contributed by atoms with Crippen LogP contribution in [0.25, 0.3) is 0 Å². The molecule has 1 aliphatic heterocycles. The zero-order valence-electron chi connectivity index (χ0n) is 18.3. The molecule has 2 aromatic carbocycles. The van der Waals surface area contributed by atoms with Gasteiger partial charge in [-0.1, -0.05) is 0 Å². The second-order valence-electron chi connectivity index (χ2n) is 6.97. The Balaban J connectivity index is 1.50. The van der Waals surface area contributed by atoms with Gasteiger partial charge in [-0.2, -0.15) is 0 Å². The highest BCUT2D eigenvalue weighted by atomic mass is 16.6. The van der Waals surface area contributed by atoms with E-state index in [1.165, 1.54) is 12.1 Å². The normalized spacial score (nSPS) is 12.1. The van der Waals surface area contributed by atoms with Crippen LogP contribution in [0.5, 0.6) is 17.2 Å². The number of carbonyl (C=O) groups is 3. The molecule has 0 saturated carbocycles. The number of anilines is 1. The molecule has 2 N–H and O–H groups in total. The van der Waals surface area contributed by atoms with E-state index in [1.54, 1.807) is 24.3 Å². The lowest BCUT2D eigenvalue weighted by atomic mass is 10.2. The fraction of sp³-hybridized carbons (Fsp3) is 0.318. The molecule has 2 amide bonds. The molecule has 0 fully saturated rings. The van der Waals surface area contributed by atoms with Crippen molar-refractivity contribution in [3.63, 3.8) is 0 Å². The molecule has 0 unspecified atom stereocenters. The summed E-state index contributed by atoms with van der Waals surface area (Å²) in [6.07, 6.45) is 0.606. The Hall–Kier alpha value is -4.35. The molecule has 12 nitrogen and oxygen atoms in total. The second-order valence-corrected chi connectivity index (χ2v) is 6.97. The number of hydrogen-bond donors (Lipinski definition) is 2. The Bertz CT molecular complexity index is 1070. The van der Waals surface area contributed by atoms with Crippen LogP contribution in [0.2, 0.25) is 0 Å². The van der Waals surface area contributed by atoms with Gasteiger partial charge < -0.3 is 29.6 Å². The average molecular weight is 473 g/mol. The lowest BCUT2D eigenvalue weighted by Crippen LogP contribution is -2.32. The Kier molecular flexibility index (Phi) is 8.21. The molecule has 0 radical (unpaired) electrons. The van der Waals surface area contributed by atoms with Crippen molar-refractivity contribution in [3.8, 4) is 17.2 Å². The van der Waals surface area contributed by atoms with Gasteiger partial charge in [0, 0.05) is 18.1 Å². The van der Waals surface area contributed by atoms with Crippen molar-refractivity contribution in [3.05, 3.63) is 52.1 Å². The Morgan fingerprint density at radius 3 is 2.41 bits per heavy atom. The number of nitrogens with zero attached hydrogens (tertiary/aromatic N) is 1. The first-order valence-corrected chi connectivity index (χ1v) is 10.4. The van der Waals surface area contributed by atoms with E-state index in [2.05, 4.69) is 10.6 Å². The standard InChI is InChI=1S/C22H23N3O9/c1-2-31-15-6-4-14(5-7-15)22(28)23-12-21(27)34-13-20(26)24-16-10-18-19(11-17(16)25(29)30)33-9-3-8-32-18/h4-7,10-11H,2-3,8-9,12-13H2,1H3,(H,23,28)(H,24,26). The molecule has 180 valence electrons. The highest BCUT2D eigenvalue weighted by Gasteiger charge is 2.23. The topological polar surface area (TPSA) is 155 Å². The van der Waals surface area contributed by atoms with Crippen molar-refractivity contribution < 1.29 is 38.3 Å². The Morgan fingerprint density at radius 2 is 1.76 bits per heavy atom. The van der Waals surface area contributed by atoms with Crippen LogP contribution in [0.1, 0.15) is 23.7 Å². The lowest BCUT2D eigenvalue weighted by molar-refractivity contribution is -0.384. The number of rotatable bonds is 9. The summed E-state index contributed by atoms with van der Waals surface area (Å²) in [5.74, 6) is -1.10. The molecule has 2 aromatic rings. The third kappa shape index (κ3) is 6.58. The van der Waals surface area contributed by atoms with E-state index in [1.807, 2.05) is 6.92 Å². The molecule has 0 atom stereocenters. The van der Waals surface area contributed by atoms with Crippen LogP contribution >= 0.6 is 0 Å². The van der Waals surface area contributed by atoms with Crippen molar-refractivity contribution in [1.29, 1.82) is 0 Å². The minimum atomic E-state index is -0.859. The minimum Gasteiger partial charge on any atom is -0.494 e. The van der Waals surface area contributed by atoms with E-state index in [-0.39, 0.29) is 17.2 Å². The van der Waals surface area contributed by atoms with Crippen LogP contribution in [0, 0.1) is 10.1 Å². The average Bonchev–Trinajstić information content (AvgIpc) is 3.06. The zero-order chi connectivity index (χ0) is 24.5. The van der Waals surface area contributed by atoms with Crippen LogP contribution in [0.4, 0.5) is 11.4 Å². The van der Waals surface area contributed by atoms with E-state index >= 15 is 0 Å². The molecule has 12 heteroatoms. The number of benzene rings is 2. The summed E-state index contributed by atoms with van der Waals surface area (Å²) in [5, 5.41) is 16.1. The SMILES string of the molecule is CCOc1ccc(C(=O)NCC(=O)OCC(=O)Nc2cc3c(cc2[N+](=O)[O-])OCCCO3)cc1. The number of nitro benzene ring substituents is 1. The quantitative estimate of drug-likeness (QED) is 0.316. The number of nitrogens with one attached hydrogen (secondary N) is 2. The molecule has 0 bridgehead atoms. The molecule has 0 aliphatic carbocycles. The van der Waals surface area contributed by atoms with E-state index in [0.717, 1.165) is 0 Å². The fourth-order valence-electron chi connectivity index (χ4n) is 2.96. The minimum absolute atomic E-state index is 0.126. The van der Waals surface area contributed by atoms with E-state index in [0.29, 0.717) is 37.6 Å². The van der Waals surface area contributed by atoms with Gasteiger partial charge >= 0.3 is 5.97 Å².